The van der Waals surface area contributed by atoms with Crippen molar-refractivity contribution in [3.8, 4) is 0 Å². The molecule has 2 aromatic carbocycles. The molecule has 0 saturated carbocycles. The summed E-state index contributed by atoms with van der Waals surface area (Å²) in [6.45, 7) is 0. The zero-order valence-corrected chi connectivity index (χ0v) is 14.7. The third kappa shape index (κ3) is 6.65. The Hall–Kier alpha value is -2.95. The first kappa shape index (κ1) is 21.4. The average Bonchev–Trinajstić information content (AvgIpc) is 2.61. The third-order valence-electron chi connectivity index (χ3n) is 3.24. The van der Waals surface area contributed by atoms with Crippen LogP contribution >= 0.6 is 12.2 Å². The predicted octanol–water partition coefficient (Wildman–Crippen LogP) is 4.56. The van der Waals surface area contributed by atoms with Crippen molar-refractivity contribution in [2.45, 2.75) is 12.4 Å². The molecule has 0 aliphatic heterocycles. The number of rotatable bonds is 4. The number of nitrogens with zero attached hydrogens (tertiary/aromatic N) is 2. The van der Waals surface area contributed by atoms with Gasteiger partial charge in [-0.3, -0.25) is 10.9 Å². The highest BCUT2D eigenvalue weighted by atomic mass is 32.1. The van der Waals surface area contributed by atoms with Crippen molar-refractivity contribution in [1.29, 1.82) is 0 Å². The number of alkyl halides is 6. The van der Waals surface area contributed by atoms with Gasteiger partial charge in [-0.1, -0.05) is 24.3 Å². The Morgan fingerprint density at radius 2 is 1.00 bits per heavy atom. The van der Waals surface area contributed by atoms with E-state index >= 15 is 0 Å². The molecular weight excluding hydrogens is 406 g/mol. The molecule has 0 aromatic heterocycles. The van der Waals surface area contributed by atoms with Crippen LogP contribution in [0.5, 0.6) is 0 Å². The Morgan fingerprint density at radius 1 is 0.679 bits per heavy atom. The monoisotopic (exact) mass is 418 g/mol. The molecule has 0 spiro atoms. The molecular formula is C17H12F6N4S. The van der Waals surface area contributed by atoms with Crippen molar-refractivity contribution in [2.24, 2.45) is 10.2 Å². The van der Waals surface area contributed by atoms with Crippen LogP contribution in [-0.4, -0.2) is 17.5 Å². The average molecular weight is 418 g/mol. The molecule has 2 N–H and O–H groups in total. The second-order valence-electron chi connectivity index (χ2n) is 5.31. The molecule has 4 nitrogen and oxygen atoms in total. The molecule has 0 atom stereocenters. The molecule has 11 heteroatoms. The van der Waals surface area contributed by atoms with Gasteiger partial charge in [-0.05, 0) is 47.6 Å². The van der Waals surface area contributed by atoms with Crippen LogP contribution in [0.4, 0.5) is 26.3 Å². The van der Waals surface area contributed by atoms with Crippen LogP contribution in [0.2, 0.25) is 0 Å². The molecule has 0 aliphatic carbocycles. The molecule has 0 amide bonds. The first-order valence-electron chi connectivity index (χ1n) is 7.52. The highest BCUT2D eigenvalue weighted by Gasteiger charge is 2.30. The normalized spacial score (nSPS) is 12.5. The van der Waals surface area contributed by atoms with Gasteiger partial charge >= 0.3 is 12.4 Å². The Bertz CT molecular complexity index is 784. The summed E-state index contributed by atoms with van der Waals surface area (Å²) in [4.78, 5) is 0. The standard InChI is InChI=1S/C17H12F6N4S/c18-16(19,20)13-5-1-11(2-6-13)9-24-26-15(28)27-25-10-12-3-7-14(8-4-12)17(21,22)23/h1-10H,(H2,26,27,28)/b24-9+,25-10+. The van der Waals surface area contributed by atoms with Crippen molar-refractivity contribution in [3.05, 3.63) is 70.8 Å². The highest BCUT2D eigenvalue weighted by Crippen LogP contribution is 2.29. The second-order valence-corrected chi connectivity index (χ2v) is 5.72. The van der Waals surface area contributed by atoms with Gasteiger partial charge in [-0.25, -0.2) is 0 Å². The summed E-state index contributed by atoms with van der Waals surface area (Å²) >= 11 is 4.88. The van der Waals surface area contributed by atoms with Gasteiger partial charge in [0.15, 0.2) is 0 Å². The third-order valence-corrected chi connectivity index (χ3v) is 3.42. The fourth-order valence-electron chi connectivity index (χ4n) is 1.87. The van der Waals surface area contributed by atoms with Crippen LogP contribution < -0.4 is 10.9 Å². The van der Waals surface area contributed by atoms with Crippen molar-refractivity contribution in [3.63, 3.8) is 0 Å². The van der Waals surface area contributed by atoms with Crippen LogP contribution in [0.1, 0.15) is 22.3 Å². The lowest BCUT2D eigenvalue weighted by molar-refractivity contribution is -0.138. The van der Waals surface area contributed by atoms with Gasteiger partial charge in [-0.15, -0.1) is 0 Å². The Morgan fingerprint density at radius 3 is 1.29 bits per heavy atom. The minimum absolute atomic E-state index is 0.0219. The number of nitrogens with one attached hydrogen (secondary N) is 2. The number of hydrogen-bond acceptors (Lipinski definition) is 3. The van der Waals surface area contributed by atoms with Crippen LogP contribution in [0.25, 0.3) is 0 Å². The van der Waals surface area contributed by atoms with Crippen LogP contribution in [0.15, 0.2) is 58.7 Å². The van der Waals surface area contributed by atoms with Crippen LogP contribution in [-0.2, 0) is 12.4 Å². The first-order valence-corrected chi connectivity index (χ1v) is 7.93. The largest absolute Gasteiger partial charge is 0.416 e. The van der Waals surface area contributed by atoms with E-state index in [9.17, 15) is 26.3 Å². The molecule has 148 valence electrons. The molecule has 0 fully saturated rings. The molecule has 2 rings (SSSR count). The van der Waals surface area contributed by atoms with E-state index in [-0.39, 0.29) is 5.11 Å². The van der Waals surface area contributed by atoms with Crippen molar-refractivity contribution < 1.29 is 26.3 Å². The van der Waals surface area contributed by atoms with E-state index in [1.165, 1.54) is 36.7 Å². The Balaban J connectivity index is 1.82. The van der Waals surface area contributed by atoms with Crippen LogP contribution in [0, 0.1) is 0 Å². The number of hydrogen-bond donors (Lipinski definition) is 2. The summed E-state index contributed by atoms with van der Waals surface area (Å²) < 4.78 is 74.7. The van der Waals surface area contributed by atoms with E-state index in [4.69, 9.17) is 12.2 Å². The maximum absolute atomic E-state index is 12.5. The lowest BCUT2D eigenvalue weighted by Gasteiger charge is -2.06. The predicted molar refractivity (Wildman–Crippen MR) is 96.9 cm³/mol. The number of thiocarbonyl (C=S) groups is 1. The van der Waals surface area contributed by atoms with Gasteiger partial charge in [0.05, 0.1) is 23.6 Å². The lowest BCUT2D eigenvalue weighted by Crippen LogP contribution is -2.28. The SMILES string of the molecule is FC(F)(F)c1ccc(/C=N/NC(=S)N/N=C/c2ccc(C(F)(F)F)cc2)cc1. The molecule has 0 radical (unpaired) electrons. The molecule has 0 aliphatic rings. The molecule has 0 unspecified atom stereocenters. The Labute approximate surface area is 160 Å². The maximum atomic E-state index is 12.5. The molecule has 0 saturated heterocycles. The Kier molecular flexibility index (Phi) is 6.73. The minimum Gasteiger partial charge on any atom is -0.252 e. The van der Waals surface area contributed by atoms with Crippen molar-refractivity contribution >= 4 is 29.8 Å². The molecule has 0 heterocycles. The summed E-state index contributed by atoms with van der Waals surface area (Å²) in [6.07, 6.45) is -6.31. The smallest absolute Gasteiger partial charge is 0.252 e. The first-order chi connectivity index (χ1) is 13.1. The second kappa shape index (κ2) is 8.83. The van der Waals surface area contributed by atoms with E-state index < -0.39 is 23.5 Å². The fraction of sp³-hybridized carbons (Fsp3) is 0.118. The molecule has 28 heavy (non-hydrogen) atoms. The zero-order chi connectivity index (χ0) is 20.8. The summed E-state index contributed by atoms with van der Waals surface area (Å²) in [7, 11) is 0. The topological polar surface area (TPSA) is 48.8 Å². The van der Waals surface area contributed by atoms with E-state index in [1.54, 1.807) is 0 Å². The minimum atomic E-state index is -4.41. The van der Waals surface area contributed by atoms with E-state index in [0.717, 1.165) is 24.3 Å². The van der Waals surface area contributed by atoms with Gasteiger partial charge < -0.3 is 0 Å². The van der Waals surface area contributed by atoms with Gasteiger partial charge in [0, 0.05) is 0 Å². The summed E-state index contributed by atoms with van der Waals surface area (Å²) in [5.74, 6) is 0. The molecule has 0 bridgehead atoms. The molecule has 2 aromatic rings. The van der Waals surface area contributed by atoms with Crippen LogP contribution in [0.3, 0.4) is 0 Å². The maximum Gasteiger partial charge on any atom is 0.416 e. The van der Waals surface area contributed by atoms with Gasteiger partial charge in [0.2, 0.25) is 5.11 Å². The lowest BCUT2D eigenvalue weighted by atomic mass is 10.1. The number of halogens is 6. The quantitative estimate of drug-likeness (QED) is 0.331. The van der Waals surface area contributed by atoms with E-state index in [1.807, 2.05) is 0 Å². The summed E-state index contributed by atoms with van der Waals surface area (Å²) in [5.41, 5.74) is 4.08. The zero-order valence-electron chi connectivity index (χ0n) is 13.8. The summed E-state index contributed by atoms with van der Waals surface area (Å²) in [6, 6.07) is 8.66. The highest BCUT2D eigenvalue weighted by molar-refractivity contribution is 7.80. The number of hydrazone groups is 2. The fourth-order valence-corrected chi connectivity index (χ4v) is 1.98. The van der Waals surface area contributed by atoms with E-state index in [0.29, 0.717) is 11.1 Å². The van der Waals surface area contributed by atoms with Gasteiger partial charge in [0.1, 0.15) is 0 Å². The number of benzene rings is 2. The van der Waals surface area contributed by atoms with Crippen molar-refractivity contribution in [2.75, 3.05) is 0 Å². The van der Waals surface area contributed by atoms with Gasteiger partial charge in [0.25, 0.3) is 0 Å². The van der Waals surface area contributed by atoms with E-state index in [2.05, 4.69) is 21.1 Å². The van der Waals surface area contributed by atoms with Gasteiger partial charge in [-0.2, -0.15) is 36.5 Å². The summed E-state index contributed by atoms with van der Waals surface area (Å²) in [5, 5.41) is 7.46. The van der Waals surface area contributed by atoms with Crippen molar-refractivity contribution in [1.82, 2.24) is 10.9 Å².